The van der Waals surface area contributed by atoms with Crippen LogP contribution in [0, 0.1) is 17.5 Å². The summed E-state index contributed by atoms with van der Waals surface area (Å²) in [5.41, 5.74) is 2.41. The van der Waals surface area contributed by atoms with Crippen molar-refractivity contribution in [2.24, 2.45) is 0 Å². The molecule has 0 aliphatic carbocycles. The normalized spacial score (nSPS) is 12.3. The highest BCUT2D eigenvalue weighted by Gasteiger charge is 2.15. The molecule has 0 bridgehead atoms. The second-order valence-electron chi connectivity index (χ2n) is 7.21. The zero-order valence-electron chi connectivity index (χ0n) is 17.5. The molecule has 2 nitrogen and oxygen atoms in total. The Labute approximate surface area is 180 Å². The molecule has 0 heterocycles. The van der Waals surface area contributed by atoms with E-state index in [1.807, 2.05) is 6.92 Å². The molecule has 3 rings (SSSR count). The predicted octanol–water partition coefficient (Wildman–Crippen LogP) is 7.17. The number of hydrogen-bond acceptors (Lipinski definition) is 2. The zero-order valence-corrected chi connectivity index (χ0v) is 17.5. The van der Waals surface area contributed by atoms with Gasteiger partial charge in [0.25, 0.3) is 0 Å². The highest BCUT2D eigenvalue weighted by Crippen LogP contribution is 2.30. The molecular formula is C26H25F3O2. The van der Waals surface area contributed by atoms with E-state index in [4.69, 9.17) is 4.74 Å². The molecular weight excluding hydrogens is 401 g/mol. The lowest BCUT2D eigenvalue weighted by Gasteiger charge is -2.10. The molecule has 0 saturated heterocycles. The lowest BCUT2D eigenvalue weighted by molar-refractivity contribution is 0.166. The molecule has 0 aliphatic rings. The summed E-state index contributed by atoms with van der Waals surface area (Å²) in [6.45, 7) is 3.91. The van der Waals surface area contributed by atoms with Gasteiger partial charge in [-0.3, -0.25) is 0 Å². The molecule has 1 unspecified atom stereocenters. The van der Waals surface area contributed by atoms with Crippen LogP contribution in [0.1, 0.15) is 49.5 Å². The maximum atomic E-state index is 14.4. The van der Waals surface area contributed by atoms with Crippen molar-refractivity contribution in [2.45, 2.75) is 32.8 Å². The smallest absolute Gasteiger partial charge is 0.201 e. The molecule has 0 amide bonds. The monoisotopic (exact) mass is 426 g/mol. The van der Waals surface area contributed by atoms with Gasteiger partial charge in [0.2, 0.25) is 5.82 Å². The van der Waals surface area contributed by atoms with Gasteiger partial charge in [0.1, 0.15) is 5.82 Å². The quantitative estimate of drug-likeness (QED) is 0.387. The number of hydrogen-bond donors (Lipinski definition) is 1. The number of rotatable bonds is 8. The fourth-order valence-electron chi connectivity index (χ4n) is 3.31. The Bertz CT molecular complexity index is 1060. The lowest BCUT2D eigenvalue weighted by atomic mass is 10.0. The summed E-state index contributed by atoms with van der Waals surface area (Å²) in [6.07, 6.45) is 4.10. The van der Waals surface area contributed by atoms with E-state index in [0.717, 1.165) is 12.0 Å². The van der Waals surface area contributed by atoms with E-state index in [2.05, 4.69) is 0 Å². The first-order chi connectivity index (χ1) is 14.9. The van der Waals surface area contributed by atoms with Crippen LogP contribution in [0.4, 0.5) is 13.2 Å². The third-order valence-electron chi connectivity index (χ3n) is 5.00. The van der Waals surface area contributed by atoms with Crippen molar-refractivity contribution in [3.8, 4) is 16.9 Å². The standard InChI is InChI=1S/C26H25F3O2/c1-3-5-23(30)20-13-12-19(22(27)16-20)11-8-17-6-9-18(10-7-17)21-14-15-24(31-4-2)26(29)25(21)28/h6-16,23,30H,3-5H2,1-2H3/b11-8+. The van der Waals surface area contributed by atoms with E-state index in [0.29, 0.717) is 23.1 Å². The first kappa shape index (κ1) is 22.6. The van der Waals surface area contributed by atoms with Crippen molar-refractivity contribution in [3.63, 3.8) is 0 Å². The predicted molar refractivity (Wildman–Crippen MR) is 118 cm³/mol. The second kappa shape index (κ2) is 10.3. The highest BCUT2D eigenvalue weighted by atomic mass is 19.2. The summed E-state index contributed by atoms with van der Waals surface area (Å²) in [4.78, 5) is 0. The molecule has 162 valence electrons. The topological polar surface area (TPSA) is 29.5 Å². The number of ether oxygens (including phenoxy) is 1. The Morgan fingerprint density at radius 3 is 2.29 bits per heavy atom. The molecule has 3 aromatic carbocycles. The maximum absolute atomic E-state index is 14.4. The van der Waals surface area contributed by atoms with Gasteiger partial charge in [-0.1, -0.05) is 61.9 Å². The molecule has 0 aromatic heterocycles. The van der Waals surface area contributed by atoms with Gasteiger partial charge in [-0.2, -0.15) is 4.39 Å². The second-order valence-corrected chi connectivity index (χ2v) is 7.21. The third kappa shape index (κ3) is 5.36. The van der Waals surface area contributed by atoms with Gasteiger partial charge >= 0.3 is 0 Å². The molecule has 0 fully saturated rings. The van der Waals surface area contributed by atoms with Crippen LogP contribution in [0.15, 0.2) is 54.6 Å². The molecule has 3 aromatic rings. The van der Waals surface area contributed by atoms with E-state index in [1.165, 1.54) is 18.2 Å². The molecule has 0 saturated carbocycles. The molecule has 1 N–H and O–H groups in total. The van der Waals surface area contributed by atoms with Crippen LogP contribution < -0.4 is 4.74 Å². The van der Waals surface area contributed by atoms with Crippen LogP contribution in [-0.2, 0) is 0 Å². The van der Waals surface area contributed by atoms with Crippen LogP contribution in [-0.4, -0.2) is 11.7 Å². The number of aliphatic hydroxyl groups excluding tert-OH is 1. The minimum absolute atomic E-state index is 0.112. The van der Waals surface area contributed by atoms with Crippen molar-refractivity contribution in [1.82, 2.24) is 0 Å². The van der Waals surface area contributed by atoms with Crippen molar-refractivity contribution in [3.05, 3.63) is 88.7 Å². The van der Waals surface area contributed by atoms with Crippen molar-refractivity contribution >= 4 is 12.2 Å². The molecule has 1 atom stereocenters. The molecule has 0 radical (unpaired) electrons. The molecule has 0 aliphatic heterocycles. The number of aliphatic hydroxyl groups is 1. The van der Waals surface area contributed by atoms with Gasteiger partial charge < -0.3 is 9.84 Å². The maximum Gasteiger partial charge on any atom is 0.201 e. The Kier molecular flexibility index (Phi) is 7.53. The average molecular weight is 426 g/mol. The van der Waals surface area contributed by atoms with E-state index < -0.39 is 23.6 Å². The van der Waals surface area contributed by atoms with Gasteiger partial charge in [0.05, 0.1) is 12.7 Å². The largest absolute Gasteiger partial charge is 0.491 e. The summed E-state index contributed by atoms with van der Waals surface area (Å²) in [5.74, 6) is -2.49. The summed E-state index contributed by atoms with van der Waals surface area (Å²) in [6, 6.07) is 14.5. The number of halogens is 3. The number of benzene rings is 3. The first-order valence-corrected chi connectivity index (χ1v) is 10.3. The summed E-state index contributed by atoms with van der Waals surface area (Å²) in [5, 5.41) is 10.0. The Morgan fingerprint density at radius 1 is 0.903 bits per heavy atom. The zero-order chi connectivity index (χ0) is 22.4. The summed E-state index contributed by atoms with van der Waals surface area (Å²) >= 11 is 0. The molecule has 5 heteroatoms. The third-order valence-corrected chi connectivity index (χ3v) is 5.00. The van der Waals surface area contributed by atoms with Gasteiger partial charge in [-0.05, 0) is 48.2 Å². The first-order valence-electron chi connectivity index (χ1n) is 10.3. The van der Waals surface area contributed by atoms with E-state index in [-0.39, 0.29) is 17.9 Å². The van der Waals surface area contributed by atoms with E-state index in [9.17, 15) is 18.3 Å². The van der Waals surface area contributed by atoms with Crippen molar-refractivity contribution in [2.75, 3.05) is 6.61 Å². The summed E-state index contributed by atoms with van der Waals surface area (Å²) < 4.78 is 47.9. The Balaban J connectivity index is 1.77. The average Bonchev–Trinajstić information content (AvgIpc) is 2.77. The van der Waals surface area contributed by atoms with Crippen LogP contribution in [0.3, 0.4) is 0 Å². The lowest BCUT2D eigenvalue weighted by Crippen LogP contribution is -1.98. The molecule has 0 spiro atoms. The molecule has 31 heavy (non-hydrogen) atoms. The van der Waals surface area contributed by atoms with Crippen LogP contribution in [0.25, 0.3) is 23.3 Å². The van der Waals surface area contributed by atoms with Crippen molar-refractivity contribution < 1.29 is 23.0 Å². The fourth-order valence-corrected chi connectivity index (χ4v) is 3.31. The van der Waals surface area contributed by atoms with Crippen LogP contribution in [0.2, 0.25) is 0 Å². The Morgan fingerprint density at radius 2 is 1.65 bits per heavy atom. The highest BCUT2D eigenvalue weighted by molar-refractivity contribution is 5.72. The van der Waals surface area contributed by atoms with Gasteiger partial charge in [0, 0.05) is 11.1 Å². The van der Waals surface area contributed by atoms with Crippen LogP contribution >= 0.6 is 0 Å². The van der Waals surface area contributed by atoms with Crippen molar-refractivity contribution in [1.29, 1.82) is 0 Å². The van der Waals surface area contributed by atoms with E-state index >= 15 is 0 Å². The minimum atomic E-state index is -1.01. The Hall–Kier alpha value is -3.05. The van der Waals surface area contributed by atoms with Gasteiger partial charge in [-0.25, -0.2) is 8.78 Å². The summed E-state index contributed by atoms with van der Waals surface area (Å²) in [7, 11) is 0. The fraction of sp³-hybridized carbons (Fsp3) is 0.231. The van der Waals surface area contributed by atoms with Gasteiger partial charge in [0.15, 0.2) is 11.6 Å². The van der Waals surface area contributed by atoms with E-state index in [1.54, 1.807) is 55.5 Å². The van der Waals surface area contributed by atoms with Crippen LogP contribution in [0.5, 0.6) is 5.75 Å². The minimum Gasteiger partial charge on any atom is -0.491 e. The van der Waals surface area contributed by atoms with Gasteiger partial charge in [-0.15, -0.1) is 0 Å². The SMILES string of the molecule is CCCC(O)c1ccc(/C=C/c2ccc(-c3ccc(OCC)c(F)c3F)cc2)c(F)c1.